The molecule has 0 spiro atoms. The molecular weight excluding hydrogens is 845 g/mol. The number of hydrogen-bond acceptors (Lipinski definition) is 11. The van der Waals surface area contributed by atoms with Crippen molar-refractivity contribution in [3.63, 3.8) is 0 Å². The van der Waals surface area contributed by atoms with Gasteiger partial charge in [-0.1, -0.05) is 84.9 Å². The first-order valence-corrected chi connectivity index (χ1v) is 22.1. The Bertz CT molecular complexity index is 2520. The van der Waals surface area contributed by atoms with Gasteiger partial charge in [-0.25, -0.2) is 19.2 Å². The van der Waals surface area contributed by atoms with Gasteiger partial charge < -0.3 is 44.7 Å². The van der Waals surface area contributed by atoms with Crippen LogP contribution in [0.4, 0.5) is 9.59 Å². The maximum absolute atomic E-state index is 12.7. The topological polar surface area (TPSA) is 216 Å². The Morgan fingerprint density at radius 3 is 1.18 bits per heavy atom. The van der Waals surface area contributed by atoms with Gasteiger partial charge in [0.05, 0.1) is 0 Å². The first kappa shape index (κ1) is 48.2. The van der Waals surface area contributed by atoms with Gasteiger partial charge >= 0.3 is 23.4 Å². The van der Waals surface area contributed by atoms with Crippen LogP contribution in [0.25, 0.3) is 21.9 Å². The summed E-state index contributed by atoms with van der Waals surface area (Å²) in [5.74, 6) is -0.861. The van der Waals surface area contributed by atoms with Crippen LogP contribution in [-0.4, -0.2) is 60.4 Å². The molecule has 5 N–H and O–H groups in total. The Balaban J connectivity index is 0.000000210. The number of amides is 4. The fourth-order valence-corrected chi connectivity index (χ4v) is 7.91. The second kappa shape index (κ2) is 23.6. The Morgan fingerprint density at radius 2 is 0.833 bits per heavy atom. The molecular formula is C51H56N4O11. The van der Waals surface area contributed by atoms with Crippen molar-refractivity contribution in [1.82, 2.24) is 21.3 Å². The molecule has 0 bridgehead atoms. The van der Waals surface area contributed by atoms with Crippen molar-refractivity contribution in [1.29, 1.82) is 0 Å². The largest absolute Gasteiger partial charge is 0.445 e. The third kappa shape index (κ3) is 13.9. The van der Waals surface area contributed by atoms with Crippen molar-refractivity contribution in [3.05, 3.63) is 163 Å². The number of fused-ring (bicyclic) bond motifs is 2. The Hall–Kier alpha value is -7.26. The van der Waals surface area contributed by atoms with E-state index in [4.69, 9.17) is 23.4 Å². The lowest BCUT2D eigenvalue weighted by molar-refractivity contribution is 0.0910. The zero-order valence-electron chi connectivity index (χ0n) is 37.3. The van der Waals surface area contributed by atoms with E-state index < -0.39 is 35.3 Å². The third-order valence-electron chi connectivity index (χ3n) is 11.5. The Kier molecular flexibility index (Phi) is 17.2. The lowest BCUT2D eigenvalue weighted by Crippen LogP contribution is -2.44. The third-order valence-corrected chi connectivity index (χ3v) is 11.5. The molecule has 0 radical (unpaired) electrons. The van der Waals surface area contributed by atoms with Crippen LogP contribution in [0, 0.1) is 13.8 Å². The second-order valence-corrected chi connectivity index (χ2v) is 16.4. The van der Waals surface area contributed by atoms with Gasteiger partial charge in [-0.2, -0.15) is 0 Å². The summed E-state index contributed by atoms with van der Waals surface area (Å²) in [6, 6.07) is 33.1. The molecule has 2 heterocycles. The number of alkyl carbamates (subject to hydrolysis) is 2. The average molecular weight is 901 g/mol. The first-order chi connectivity index (χ1) is 31.9. The number of aryl methyl sites for hydroxylation is 2. The van der Waals surface area contributed by atoms with Gasteiger partial charge in [0.2, 0.25) is 0 Å². The number of aliphatic hydroxyl groups excluding tert-OH is 1. The van der Waals surface area contributed by atoms with E-state index in [0.717, 1.165) is 55.0 Å². The number of nitrogens with one attached hydrogen (secondary N) is 4. The van der Waals surface area contributed by atoms with E-state index in [-0.39, 0.29) is 48.5 Å². The van der Waals surface area contributed by atoms with E-state index in [9.17, 15) is 28.8 Å². The Morgan fingerprint density at radius 1 is 0.500 bits per heavy atom. The number of benzene rings is 4. The lowest BCUT2D eigenvalue weighted by Gasteiger charge is -2.29. The van der Waals surface area contributed by atoms with E-state index in [1.807, 2.05) is 98.8 Å². The van der Waals surface area contributed by atoms with Crippen LogP contribution < -0.4 is 32.5 Å². The minimum atomic E-state index is -0.642. The quantitative estimate of drug-likeness (QED) is 0.0838. The molecule has 2 aliphatic rings. The van der Waals surface area contributed by atoms with Crippen molar-refractivity contribution in [2.45, 2.75) is 103 Å². The highest BCUT2D eigenvalue weighted by atomic mass is 16.6. The number of hydrogen-bond donors (Lipinski definition) is 5. The van der Waals surface area contributed by atoms with E-state index >= 15 is 0 Å². The summed E-state index contributed by atoms with van der Waals surface area (Å²) in [5, 5.41) is 20.1. The number of rotatable bonds is 10. The van der Waals surface area contributed by atoms with Crippen LogP contribution in [0.3, 0.4) is 0 Å². The SMILES string of the molecule is CO.Cc1ccc2cc(C(=O)NC3CCC(NC(=O)OCc4ccccc4)CC3)c(=O)oc2c1.Cc1ccc2cc(C(=O)NC3CCC(NC(=O)OCc4ccccc4)CC3)c(=O)oc2c1. The average Bonchev–Trinajstić information content (AvgIpc) is 3.32. The maximum atomic E-state index is 12.7. The highest BCUT2D eigenvalue weighted by Crippen LogP contribution is 2.22. The van der Waals surface area contributed by atoms with Gasteiger partial charge in [-0.3, -0.25) is 9.59 Å². The van der Waals surface area contributed by atoms with Crippen LogP contribution in [0.2, 0.25) is 0 Å². The fraction of sp³-hybridized carbons (Fsp3) is 0.333. The van der Waals surface area contributed by atoms with E-state index in [0.29, 0.717) is 47.6 Å². The molecule has 0 unspecified atom stereocenters. The predicted molar refractivity (Wildman–Crippen MR) is 249 cm³/mol. The van der Waals surface area contributed by atoms with Gasteiger partial charge in [0, 0.05) is 42.0 Å². The predicted octanol–water partition coefficient (Wildman–Crippen LogP) is 7.75. The van der Waals surface area contributed by atoms with Crippen molar-refractivity contribution in [3.8, 4) is 0 Å². The molecule has 346 valence electrons. The molecule has 15 nitrogen and oxygen atoms in total. The summed E-state index contributed by atoms with van der Waals surface area (Å²) >= 11 is 0. The van der Waals surface area contributed by atoms with Crippen LogP contribution in [-0.2, 0) is 22.7 Å². The monoisotopic (exact) mass is 900 g/mol. The molecule has 2 aliphatic carbocycles. The highest BCUT2D eigenvalue weighted by molar-refractivity contribution is 5.97. The molecule has 66 heavy (non-hydrogen) atoms. The summed E-state index contributed by atoms with van der Waals surface area (Å²) in [5.41, 5.74) is 3.49. The summed E-state index contributed by atoms with van der Waals surface area (Å²) in [6.07, 6.45) is 4.81. The zero-order valence-corrected chi connectivity index (χ0v) is 37.3. The summed E-state index contributed by atoms with van der Waals surface area (Å²) < 4.78 is 21.2. The molecule has 2 fully saturated rings. The van der Waals surface area contributed by atoms with Crippen LogP contribution in [0.5, 0.6) is 0 Å². The highest BCUT2D eigenvalue weighted by Gasteiger charge is 2.27. The van der Waals surface area contributed by atoms with Crippen LogP contribution in [0.15, 0.2) is 128 Å². The van der Waals surface area contributed by atoms with Gasteiger partial charge in [0.15, 0.2) is 0 Å². The fourth-order valence-electron chi connectivity index (χ4n) is 7.91. The zero-order chi connectivity index (χ0) is 47.0. The van der Waals surface area contributed by atoms with Crippen LogP contribution in [0.1, 0.15) is 94.3 Å². The minimum absolute atomic E-state index is 0.000374. The molecule has 0 aliphatic heterocycles. The normalized spacial score (nSPS) is 17.7. The number of ether oxygens (including phenoxy) is 2. The van der Waals surface area contributed by atoms with Gasteiger partial charge in [0.1, 0.15) is 35.5 Å². The summed E-state index contributed by atoms with van der Waals surface area (Å²) in [4.78, 5) is 74.0. The van der Waals surface area contributed by atoms with Gasteiger partial charge in [-0.05, 0) is 112 Å². The minimum Gasteiger partial charge on any atom is -0.445 e. The second-order valence-electron chi connectivity index (χ2n) is 16.4. The molecule has 15 heteroatoms. The molecule has 8 rings (SSSR count). The number of aliphatic hydroxyl groups is 1. The summed E-state index contributed by atoms with van der Waals surface area (Å²) in [6.45, 7) is 4.28. The van der Waals surface area contributed by atoms with Gasteiger partial charge in [0.25, 0.3) is 11.8 Å². The van der Waals surface area contributed by atoms with E-state index in [1.165, 1.54) is 0 Å². The molecule has 4 amide bonds. The van der Waals surface area contributed by atoms with Gasteiger partial charge in [-0.15, -0.1) is 0 Å². The van der Waals surface area contributed by atoms with Crippen molar-refractivity contribution >= 4 is 45.9 Å². The lowest BCUT2D eigenvalue weighted by atomic mass is 9.91. The standard InChI is InChI=1S/2C25H26N2O5.CH4O/c2*1-16-7-8-18-14-21(24(29)32-22(18)13-16)23(28)26-19-9-11-20(12-10-19)27-25(30)31-15-17-5-3-2-4-6-17;1-2/h2*2-8,13-14,19-20H,9-12,15H2,1H3,(H,26,28)(H,27,30);2H,1H3. The van der Waals surface area contributed by atoms with Crippen molar-refractivity contribution < 1.29 is 42.6 Å². The number of carbonyl (C=O) groups excluding carboxylic acids is 4. The molecule has 4 aromatic carbocycles. The molecule has 2 aromatic heterocycles. The van der Waals surface area contributed by atoms with Crippen LogP contribution >= 0.6 is 0 Å². The molecule has 6 aromatic rings. The maximum Gasteiger partial charge on any atom is 0.407 e. The van der Waals surface area contributed by atoms with Crippen molar-refractivity contribution in [2.75, 3.05) is 7.11 Å². The van der Waals surface area contributed by atoms with E-state index in [1.54, 1.807) is 24.3 Å². The molecule has 0 atom stereocenters. The Labute approximate surface area is 381 Å². The smallest absolute Gasteiger partial charge is 0.407 e. The van der Waals surface area contributed by atoms with Crippen molar-refractivity contribution in [2.24, 2.45) is 0 Å². The summed E-state index contributed by atoms with van der Waals surface area (Å²) in [7, 11) is 1.00. The first-order valence-electron chi connectivity index (χ1n) is 22.1. The van der Waals surface area contributed by atoms with E-state index in [2.05, 4.69) is 21.3 Å². The molecule has 2 saturated carbocycles. The molecule has 0 saturated heterocycles. The number of carbonyl (C=O) groups is 4.